The second-order valence-electron chi connectivity index (χ2n) is 5.78. The maximum Gasteiger partial charge on any atom is 0.123 e. The summed E-state index contributed by atoms with van der Waals surface area (Å²) in [6.07, 6.45) is 6.20. The predicted molar refractivity (Wildman–Crippen MR) is 79.4 cm³/mol. The summed E-state index contributed by atoms with van der Waals surface area (Å²) < 4.78 is 12.9. The number of halogens is 1. The van der Waals surface area contributed by atoms with Crippen LogP contribution in [0.5, 0.6) is 0 Å². The summed E-state index contributed by atoms with van der Waals surface area (Å²) in [4.78, 5) is 4.71. The number of rotatable bonds is 2. The molecule has 2 aliphatic rings. The van der Waals surface area contributed by atoms with Gasteiger partial charge in [-0.05, 0) is 30.5 Å². The highest BCUT2D eigenvalue weighted by atomic mass is 19.1. The second-order valence-corrected chi connectivity index (χ2v) is 5.78. The number of amidine groups is 1. The van der Waals surface area contributed by atoms with Gasteiger partial charge in [-0.25, -0.2) is 4.39 Å². The first-order chi connectivity index (χ1) is 9.78. The van der Waals surface area contributed by atoms with Gasteiger partial charge in [-0.15, -0.1) is 0 Å². The maximum atomic E-state index is 12.9. The number of hydrogen-bond donors (Lipinski definition) is 2. The number of nitrogens with one attached hydrogen (secondary N) is 2. The van der Waals surface area contributed by atoms with Gasteiger partial charge in [0.2, 0.25) is 0 Å². The van der Waals surface area contributed by atoms with E-state index in [2.05, 4.69) is 10.6 Å². The summed E-state index contributed by atoms with van der Waals surface area (Å²) >= 11 is 0. The number of aliphatic imine (C=N–C) groups is 1. The standard InChI is InChI=1S/C16H22FN3/c17-14-6-4-13(5-7-14)12-19-15-16(20-11-10-18-15)8-2-1-3-9-16/h4-7,20H,1-3,8-12H2,(H,18,19). The summed E-state index contributed by atoms with van der Waals surface area (Å²) in [6, 6.07) is 6.67. The molecule has 1 heterocycles. The molecule has 1 saturated carbocycles. The van der Waals surface area contributed by atoms with Gasteiger partial charge in [0.25, 0.3) is 0 Å². The zero-order valence-corrected chi connectivity index (χ0v) is 11.8. The van der Waals surface area contributed by atoms with Crippen LogP contribution in [-0.2, 0) is 6.54 Å². The Morgan fingerprint density at radius 3 is 2.65 bits per heavy atom. The molecule has 0 radical (unpaired) electrons. The first-order valence-corrected chi connectivity index (χ1v) is 7.57. The summed E-state index contributed by atoms with van der Waals surface area (Å²) in [5, 5.41) is 7.16. The lowest BCUT2D eigenvalue weighted by molar-refractivity contribution is 0.298. The third kappa shape index (κ3) is 2.85. The molecule has 0 bridgehead atoms. The van der Waals surface area contributed by atoms with E-state index in [9.17, 15) is 4.39 Å². The van der Waals surface area contributed by atoms with Gasteiger partial charge < -0.3 is 10.6 Å². The molecule has 0 atom stereocenters. The summed E-state index contributed by atoms with van der Waals surface area (Å²) in [5.74, 6) is 0.918. The van der Waals surface area contributed by atoms with Crippen LogP contribution in [0.1, 0.15) is 37.7 Å². The third-order valence-corrected chi connectivity index (χ3v) is 4.38. The fourth-order valence-corrected chi connectivity index (χ4v) is 3.28. The topological polar surface area (TPSA) is 36.4 Å². The van der Waals surface area contributed by atoms with Crippen molar-refractivity contribution in [1.82, 2.24) is 10.6 Å². The first-order valence-electron chi connectivity index (χ1n) is 7.57. The Morgan fingerprint density at radius 1 is 1.15 bits per heavy atom. The first kappa shape index (κ1) is 13.6. The minimum atomic E-state index is -0.186. The van der Waals surface area contributed by atoms with E-state index in [1.165, 1.54) is 44.2 Å². The smallest absolute Gasteiger partial charge is 0.123 e. The van der Waals surface area contributed by atoms with Crippen LogP contribution in [0.4, 0.5) is 4.39 Å². The monoisotopic (exact) mass is 275 g/mol. The van der Waals surface area contributed by atoms with Crippen molar-refractivity contribution in [2.45, 2.75) is 44.2 Å². The van der Waals surface area contributed by atoms with E-state index < -0.39 is 0 Å². The molecule has 0 saturated heterocycles. The molecule has 108 valence electrons. The Balaban J connectivity index is 1.68. The van der Waals surface area contributed by atoms with Crippen molar-refractivity contribution in [3.63, 3.8) is 0 Å². The summed E-state index contributed by atoms with van der Waals surface area (Å²) in [6.45, 7) is 2.53. The molecule has 20 heavy (non-hydrogen) atoms. The lowest BCUT2D eigenvalue weighted by Gasteiger charge is -2.41. The quantitative estimate of drug-likeness (QED) is 0.870. The molecule has 0 unspecified atom stereocenters. The molecule has 0 aromatic heterocycles. The average molecular weight is 275 g/mol. The number of hydrogen-bond acceptors (Lipinski definition) is 3. The molecule has 1 aromatic carbocycles. The zero-order valence-electron chi connectivity index (χ0n) is 11.8. The van der Waals surface area contributed by atoms with E-state index in [4.69, 9.17) is 4.99 Å². The van der Waals surface area contributed by atoms with Gasteiger partial charge in [-0.2, -0.15) is 0 Å². The number of nitrogens with zero attached hydrogens (tertiary/aromatic N) is 1. The molecule has 4 heteroatoms. The lowest BCUT2D eigenvalue weighted by Crippen LogP contribution is -2.60. The van der Waals surface area contributed by atoms with Crippen molar-refractivity contribution >= 4 is 5.84 Å². The van der Waals surface area contributed by atoms with E-state index in [1.54, 1.807) is 0 Å². The van der Waals surface area contributed by atoms with Crippen LogP contribution in [0.3, 0.4) is 0 Å². The molecule has 1 aromatic rings. The molecule has 1 fully saturated rings. The van der Waals surface area contributed by atoms with Gasteiger partial charge in [0.15, 0.2) is 0 Å². The Morgan fingerprint density at radius 2 is 1.90 bits per heavy atom. The van der Waals surface area contributed by atoms with Crippen molar-refractivity contribution in [2.24, 2.45) is 4.99 Å². The molecule has 1 spiro atoms. The van der Waals surface area contributed by atoms with Crippen LogP contribution < -0.4 is 10.6 Å². The Labute approximate surface area is 119 Å². The average Bonchev–Trinajstić information content (AvgIpc) is 2.49. The van der Waals surface area contributed by atoms with Gasteiger partial charge in [0, 0.05) is 13.1 Å². The van der Waals surface area contributed by atoms with Crippen molar-refractivity contribution in [1.29, 1.82) is 0 Å². The largest absolute Gasteiger partial charge is 0.368 e. The van der Waals surface area contributed by atoms with Gasteiger partial charge >= 0.3 is 0 Å². The molecule has 3 nitrogen and oxygen atoms in total. The normalized spacial score (nSPS) is 21.6. The predicted octanol–water partition coefficient (Wildman–Crippen LogP) is 2.62. The van der Waals surface area contributed by atoms with Crippen molar-refractivity contribution in [2.75, 3.05) is 13.1 Å². The number of benzene rings is 1. The lowest BCUT2D eigenvalue weighted by atomic mass is 9.79. The maximum absolute atomic E-state index is 12.9. The zero-order chi connectivity index (χ0) is 13.8. The Hall–Kier alpha value is -1.42. The van der Waals surface area contributed by atoms with Crippen LogP contribution in [0.15, 0.2) is 29.3 Å². The Bertz CT molecular complexity index is 475. The van der Waals surface area contributed by atoms with Crippen molar-refractivity contribution in [3.05, 3.63) is 35.6 Å². The van der Waals surface area contributed by atoms with Crippen molar-refractivity contribution < 1.29 is 4.39 Å². The summed E-state index contributed by atoms with van der Waals surface area (Å²) in [7, 11) is 0. The molecule has 3 rings (SSSR count). The van der Waals surface area contributed by atoms with E-state index in [1.807, 2.05) is 12.1 Å². The molecule has 1 aliphatic carbocycles. The molecule has 2 N–H and O–H groups in total. The fourth-order valence-electron chi connectivity index (χ4n) is 3.28. The minimum Gasteiger partial charge on any atom is -0.368 e. The van der Waals surface area contributed by atoms with Gasteiger partial charge in [-0.3, -0.25) is 4.99 Å². The minimum absolute atomic E-state index is 0.0660. The third-order valence-electron chi connectivity index (χ3n) is 4.38. The van der Waals surface area contributed by atoms with Crippen LogP contribution >= 0.6 is 0 Å². The summed E-state index contributed by atoms with van der Waals surface area (Å²) in [5.41, 5.74) is 1.15. The van der Waals surface area contributed by atoms with Crippen LogP contribution in [0, 0.1) is 5.82 Å². The van der Waals surface area contributed by atoms with Crippen LogP contribution in [0.2, 0.25) is 0 Å². The van der Waals surface area contributed by atoms with Crippen molar-refractivity contribution in [3.8, 4) is 0 Å². The second kappa shape index (κ2) is 5.92. The van der Waals surface area contributed by atoms with Gasteiger partial charge in [0.1, 0.15) is 11.7 Å². The van der Waals surface area contributed by atoms with E-state index in [-0.39, 0.29) is 11.4 Å². The van der Waals surface area contributed by atoms with E-state index >= 15 is 0 Å². The molecule has 1 aliphatic heterocycles. The Kier molecular flexibility index (Phi) is 4.01. The molecular formula is C16H22FN3. The van der Waals surface area contributed by atoms with Gasteiger partial charge in [-0.1, -0.05) is 31.4 Å². The molecule has 0 amide bonds. The SMILES string of the molecule is Fc1ccc(CNC2=NCCNC23CCCCC3)cc1. The van der Waals surface area contributed by atoms with E-state index in [0.29, 0.717) is 6.54 Å². The highest BCUT2D eigenvalue weighted by Crippen LogP contribution is 2.30. The van der Waals surface area contributed by atoms with Gasteiger partial charge in [0.05, 0.1) is 12.1 Å². The highest BCUT2D eigenvalue weighted by Gasteiger charge is 2.38. The van der Waals surface area contributed by atoms with E-state index in [0.717, 1.165) is 24.5 Å². The van der Waals surface area contributed by atoms with Crippen LogP contribution in [-0.4, -0.2) is 24.5 Å². The highest BCUT2D eigenvalue weighted by molar-refractivity contribution is 5.92. The van der Waals surface area contributed by atoms with Crippen LogP contribution in [0.25, 0.3) is 0 Å². The fraction of sp³-hybridized carbons (Fsp3) is 0.562. The molecular weight excluding hydrogens is 253 g/mol.